The minimum atomic E-state index is -0.329. The summed E-state index contributed by atoms with van der Waals surface area (Å²) in [4.78, 5) is 10.2. The number of rotatable bonds is 1. The molecule has 3 nitrogen and oxygen atoms in total. The van der Waals surface area contributed by atoms with E-state index in [1.54, 1.807) is 6.07 Å². The Hall–Kier alpha value is -1.45. The second-order valence-corrected chi connectivity index (χ2v) is 2.73. The molecule has 1 aromatic carbocycles. The van der Waals surface area contributed by atoms with Gasteiger partial charge in [-0.25, -0.2) is 9.40 Å². The maximum absolute atomic E-state index is 12.7. The molecule has 0 saturated heterocycles. The van der Waals surface area contributed by atoms with E-state index in [-0.39, 0.29) is 5.82 Å². The van der Waals surface area contributed by atoms with Gasteiger partial charge in [0.1, 0.15) is 5.82 Å². The molecule has 0 unspecified atom stereocenters. The Labute approximate surface area is 68.7 Å². The third-order valence-corrected chi connectivity index (χ3v) is 2.02. The van der Waals surface area contributed by atoms with Crippen LogP contribution in [0.2, 0.25) is 0 Å². The SMILES string of the molecule is O=NN1CCc2ccc(F)cc21. The van der Waals surface area contributed by atoms with Gasteiger partial charge in [0.25, 0.3) is 0 Å². The van der Waals surface area contributed by atoms with Crippen LogP contribution < -0.4 is 5.01 Å². The van der Waals surface area contributed by atoms with Gasteiger partial charge in [-0.05, 0) is 24.1 Å². The molecule has 2 rings (SSSR count). The molecule has 0 amide bonds. The summed E-state index contributed by atoms with van der Waals surface area (Å²) in [5.41, 5.74) is 1.58. The number of benzene rings is 1. The zero-order valence-electron chi connectivity index (χ0n) is 6.33. The molecule has 0 atom stereocenters. The highest BCUT2D eigenvalue weighted by Gasteiger charge is 2.19. The van der Waals surface area contributed by atoms with E-state index < -0.39 is 0 Å². The van der Waals surface area contributed by atoms with Crippen LogP contribution in [-0.2, 0) is 6.42 Å². The summed E-state index contributed by atoms with van der Waals surface area (Å²) in [6, 6.07) is 4.42. The first-order valence-corrected chi connectivity index (χ1v) is 3.70. The number of halogens is 1. The Morgan fingerprint density at radius 2 is 2.33 bits per heavy atom. The number of nitrogens with zero attached hydrogens (tertiary/aromatic N) is 2. The Kier molecular flexibility index (Phi) is 1.53. The number of fused-ring (bicyclic) bond motifs is 1. The van der Waals surface area contributed by atoms with E-state index in [1.807, 2.05) is 0 Å². The molecule has 1 heterocycles. The molecule has 0 bridgehead atoms. The summed E-state index contributed by atoms with van der Waals surface area (Å²) in [6.45, 7) is 0.558. The third kappa shape index (κ3) is 0.958. The van der Waals surface area contributed by atoms with Crippen LogP contribution in [-0.4, -0.2) is 6.54 Å². The Morgan fingerprint density at radius 1 is 1.50 bits per heavy atom. The molecule has 0 spiro atoms. The molecule has 0 fully saturated rings. The molecule has 12 heavy (non-hydrogen) atoms. The second kappa shape index (κ2) is 2.55. The highest BCUT2D eigenvalue weighted by molar-refractivity contribution is 5.57. The molecular weight excluding hydrogens is 159 g/mol. The van der Waals surface area contributed by atoms with Gasteiger partial charge in [-0.2, -0.15) is 0 Å². The van der Waals surface area contributed by atoms with Gasteiger partial charge < -0.3 is 0 Å². The highest BCUT2D eigenvalue weighted by atomic mass is 19.1. The van der Waals surface area contributed by atoms with Gasteiger partial charge in [0.05, 0.1) is 11.0 Å². The molecule has 4 heteroatoms. The lowest BCUT2D eigenvalue weighted by Gasteiger charge is -2.06. The van der Waals surface area contributed by atoms with E-state index in [0.717, 1.165) is 12.0 Å². The van der Waals surface area contributed by atoms with E-state index in [1.165, 1.54) is 17.1 Å². The van der Waals surface area contributed by atoms with Crippen molar-refractivity contribution in [1.82, 2.24) is 0 Å². The fourth-order valence-electron chi connectivity index (χ4n) is 1.42. The lowest BCUT2D eigenvalue weighted by atomic mass is 10.2. The van der Waals surface area contributed by atoms with Crippen LogP contribution in [0, 0.1) is 10.7 Å². The van der Waals surface area contributed by atoms with E-state index in [9.17, 15) is 9.30 Å². The molecule has 62 valence electrons. The van der Waals surface area contributed by atoms with Gasteiger partial charge in [-0.3, -0.25) is 0 Å². The minimum absolute atomic E-state index is 0.329. The van der Waals surface area contributed by atoms with Crippen molar-refractivity contribution in [2.75, 3.05) is 11.6 Å². The third-order valence-electron chi connectivity index (χ3n) is 2.02. The Balaban J connectivity index is 2.49. The van der Waals surface area contributed by atoms with Crippen molar-refractivity contribution >= 4 is 5.69 Å². The topological polar surface area (TPSA) is 32.7 Å². The summed E-state index contributed by atoms with van der Waals surface area (Å²) in [6.07, 6.45) is 0.765. The normalized spacial score (nSPS) is 14.6. The Morgan fingerprint density at radius 3 is 3.08 bits per heavy atom. The summed E-state index contributed by atoms with van der Waals surface area (Å²) < 4.78 is 12.7. The van der Waals surface area contributed by atoms with Gasteiger partial charge >= 0.3 is 0 Å². The van der Waals surface area contributed by atoms with Gasteiger partial charge in [0, 0.05) is 6.54 Å². The summed E-state index contributed by atoms with van der Waals surface area (Å²) in [5.74, 6) is -0.329. The fraction of sp³-hybridized carbons (Fsp3) is 0.250. The standard InChI is InChI=1S/C8H7FN2O/c9-7-2-1-6-3-4-11(10-12)8(6)5-7/h1-2,5H,3-4H2. The van der Waals surface area contributed by atoms with E-state index in [2.05, 4.69) is 5.29 Å². The average molecular weight is 166 g/mol. The summed E-state index contributed by atoms with van der Waals surface area (Å²) >= 11 is 0. The van der Waals surface area contributed by atoms with Crippen molar-refractivity contribution < 1.29 is 4.39 Å². The van der Waals surface area contributed by atoms with Crippen LogP contribution in [0.15, 0.2) is 23.5 Å². The molecule has 0 aromatic heterocycles. The van der Waals surface area contributed by atoms with Crippen LogP contribution in [0.3, 0.4) is 0 Å². The molecule has 1 aliphatic rings. The number of nitroso groups, excluding NO2 is 1. The zero-order chi connectivity index (χ0) is 8.55. The molecule has 0 radical (unpaired) electrons. The van der Waals surface area contributed by atoms with Gasteiger partial charge in [0.2, 0.25) is 0 Å². The van der Waals surface area contributed by atoms with Crippen molar-refractivity contribution in [1.29, 1.82) is 0 Å². The fourth-order valence-corrected chi connectivity index (χ4v) is 1.42. The van der Waals surface area contributed by atoms with Gasteiger partial charge in [-0.1, -0.05) is 6.07 Å². The lowest BCUT2D eigenvalue weighted by Crippen LogP contribution is -2.10. The smallest absolute Gasteiger partial charge is 0.125 e. The van der Waals surface area contributed by atoms with Crippen LogP contribution >= 0.6 is 0 Å². The van der Waals surface area contributed by atoms with Crippen molar-refractivity contribution in [3.8, 4) is 0 Å². The first-order chi connectivity index (χ1) is 5.81. The van der Waals surface area contributed by atoms with Crippen LogP contribution in [0.1, 0.15) is 5.56 Å². The molecule has 0 saturated carbocycles. The van der Waals surface area contributed by atoms with Crippen LogP contribution in [0.4, 0.5) is 10.1 Å². The molecule has 0 aliphatic carbocycles. The van der Waals surface area contributed by atoms with Crippen molar-refractivity contribution in [3.63, 3.8) is 0 Å². The van der Waals surface area contributed by atoms with Crippen LogP contribution in [0.25, 0.3) is 0 Å². The van der Waals surface area contributed by atoms with E-state index in [4.69, 9.17) is 0 Å². The highest BCUT2D eigenvalue weighted by Crippen LogP contribution is 2.28. The van der Waals surface area contributed by atoms with E-state index in [0.29, 0.717) is 12.2 Å². The zero-order valence-corrected chi connectivity index (χ0v) is 6.33. The maximum Gasteiger partial charge on any atom is 0.125 e. The first kappa shape index (κ1) is 7.21. The largest absolute Gasteiger partial charge is 0.229 e. The molecule has 1 aromatic rings. The predicted molar refractivity (Wildman–Crippen MR) is 43.2 cm³/mol. The number of anilines is 1. The van der Waals surface area contributed by atoms with Crippen molar-refractivity contribution in [3.05, 3.63) is 34.5 Å². The van der Waals surface area contributed by atoms with Crippen molar-refractivity contribution in [2.24, 2.45) is 5.29 Å². The summed E-state index contributed by atoms with van der Waals surface area (Å²) in [7, 11) is 0. The first-order valence-electron chi connectivity index (χ1n) is 3.70. The molecule has 1 aliphatic heterocycles. The average Bonchev–Trinajstić information content (AvgIpc) is 2.46. The molecular formula is C8H7FN2O. The van der Waals surface area contributed by atoms with E-state index >= 15 is 0 Å². The number of hydrogen-bond acceptors (Lipinski definition) is 2. The quantitative estimate of drug-likeness (QED) is 0.596. The minimum Gasteiger partial charge on any atom is -0.229 e. The maximum atomic E-state index is 12.7. The predicted octanol–water partition coefficient (Wildman–Crippen LogP) is 1.87. The Bertz CT molecular complexity index is 327. The second-order valence-electron chi connectivity index (χ2n) is 2.73. The van der Waals surface area contributed by atoms with Gasteiger partial charge in [0.15, 0.2) is 0 Å². The molecule has 0 N–H and O–H groups in total. The van der Waals surface area contributed by atoms with Crippen LogP contribution in [0.5, 0.6) is 0 Å². The monoisotopic (exact) mass is 166 g/mol. The number of hydrogen-bond donors (Lipinski definition) is 0. The van der Waals surface area contributed by atoms with Gasteiger partial charge in [-0.15, -0.1) is 4.91 Å². The van der Waals surface area contributed by atoms with Crippen molar-refractivity contribution in [2.45, 2.75) is 6.42 Å². The summed E-state index contributed by atoms with van der Waals surface area (Å²) in [5, 5.41) is 4.06. The lowest BCUT2D eigenvalue weighted by molar-refractivity contribution is 0.627.